The van der Waals surface area contributed by atoms with Crippen LogP contribution in [0.2, 0.25) is 0 Å². The van der Waals surface area contributed by atoms with E-state index in [1.165, 1.54) is 0 Å². The number of nitrogens with zero attached hydrogens (tertiary/aromatic N) is 2. The summed E-state index contributed by atoms with van der Waals surface area (Å²) < 4.78 is 17.5. The van der Waals surface area contributed by atoms with Crippen molar-refractivity contribution in [2.24, 2.45) is 0 Å². The summed E-state index contributed by atoms with van der Waals surface area (Å²) in [6.07, 6.45) is 0. The third kappa shape index (κ3) is 9.14. The summed E-state index contributed by atoms with van der Waals surface area (Å²) in [6.45, 7) is 3.74. The second-order valence-electron chi connectivity index (χ2n) is 4.40. The molecule has 0 N–H and O–H groups in total. The summed E-state index contributed by atoms with van der Waals surface area (Å²) in [5.41, 5.74) is 0.988. The maximum atomic E-state index is 5.51. The molecule has 0 bridgehead atoms. The smallest absolute Gasteiger partial charge is 0.0701 e. The second-order valence-corrected chi connectivity index (χ2v) is 5.30. The van der Waals surface area contributed by atoms with Crippen molar-refractivity contribution in [1.82, 2.24) is 5.01 Å². The maximum absolute atomic E-state index is 5.51. The van der Waals surface area contributed by atoms with Gasteiger partial charge in [-0.05, 0) is 37.1 Å². The molecule has 0 radical (unpaired) electrons. The zero-order chi connectivity index (χ0) is 15.5. The van der Waals surface area contributed by atoms with Crippen molar-refractivity contribution in [1.29, 1.82) is 0 Å². The van der Waals surface area contributed by atoms with Gasteiger partial charge in [0, 0.05) is 25.6 Å². The third-order valence-corrected chi connectivity index (χ3v) is 3.60. The first-order valence-corrected chi connectivity index (χ1v) is 7.63. The van der Waals surface area contributed by atoms with Gasteiger partial charge in [0.2, 0.25) is 0 Å². The first-order valence-electron chi connectivity index (χ1n) is 6.78. The van der Waals surface area contributed by atoms with Gasteiger partial charge in [-0.15, -0.1) is 12.6 Å². The van der Waals surface area contributed by atoms with E-state index in [1.54, 1.807) is 11.5 Å². The molecule has 22 heavy (non-hydrogen) atoms. The van der Waals surface area contributed by atoms with Gasteiger partial charge in [0.25, 0.3) is 0 Å². The molecule has 0 saturated carbocycles. The number of likely N-dealkylation sites (N-methyl/N-ethyl adjacent to an activating group) is 1. The van der Waals surface area contributed by atoms with Gasteiger partial charge in [-0.3, -0.25) is 4.41 Å². The zero-order valence-electron chi connectivity index (χ0n) is 13.1. The zero-order valence-corrected chi connectivity index (χ0v) is 15.9. The molecule has 0 fully saturated rings. The lowest BCUT2D eigenvalue weighted by Crippen LogP contribution is -2.35. The van der Waals surface area contributed by atoms with Gasteiger partial charge in [-0.2, -0.15) is 13.5 Å². The van der Waals surface area contributed by atoms with E-state index < -0.39 is 0 Å². The van der Waals surface area contributed by atoms with Crippen LogP contribution in [0.25, 0.3) is 0 Å². The quantitative estimate of drug-likeness (QED) is 0.357. The molecule has 0 amide bonds. The number of thiol groups is 2. The van der Waals surface area contributed by atoms with Gasteiger partial charge in [0.1, 0.15) is 0 Å². The van der Waals surface area contributed by atoms with Crippen LogP contribution in [0.4, 0.5) is 5.69 Å². The van der Waals surface area contributed by atoms with E-state index >= 15 is 0 Å². The largest absolute Gasteiger partial charge is 0.382 e. The third-order valence-electron chi connectivity index (χ3n) is 2.77. The van der Waals surface area contributed by atoms with E-state index in [1.807, 2.05) is 36.3 Å². The van der Waals surface area contributed by atoms with Crippen LogP contribution in [0, 0.1) is 0 Å². The average molecular weight is 367 g/mol. The molecule has 8 heteroatoms. The summed E-state index contributed by atoms with van der Waals surface area (Å²) in [5.74, 6) is 0. The predicted octanol–water partition coefficient (Wildman–Crippen LogP) is 2.27. The van der Waals surface area contributed by atoms with E-state index in [2.05, 4.69) is 25.4 Å². The van der Waals surface area contributed by atoms with Crippen molar-refractivity contribution in [3.63, 3.8) is 0 Å². The van der Waals surface area contributed by atoms with Gasteiger partial charge in [0.15, 0.2) is 0 Å². The Morgan fingerprint density at radius 1 is 0.955 bits per heavy atom. The number of benzene rings is 1. The number of anilines is 1. The lowest BCUT2D eigenvalue weighted by Gasteiger charge is -2.28. The molecule has 0 saturated heterocycles. The van der Waals surface area contributed by atoms with Crippen LogP contribution in [-0.4, -0.2) is 58.7 Å². The molecular weight excluding hydrogens is 340 g/mol. The Hall–Kier alpha value is -0.0900. The van der Waals surface area contributed by atoms with Gasteiger partial charge in [-0.1, -0.05) is 0 Å². The number of rotatable bonds is 11. The lowest BCUT2D eigenvalue weighted by molar-refractivity contribution is 0.0212. The Labute approximate surface area is 151 Å². The summed E-state index contributed by atoms with van der Waals surface area (Å²) >= 11 is 8.74. The molecule has 0 unspecified atom stereocenters. The van der Waals surface area contributed by atoms with Crippen LogP contribution >= 0.6 is 38.9 Å². The molecule has 1 aromatic rings. The Balaban J connectivity index is 0.00000441. The van der Waals surface area contributed by atoms with Crippen LogP contribution < -0.4 is 4.41 Å². The van der Waals surface area contributed by atoms with Crippen molar-refractivity contribution in [3.8, 4) is 0 Å². The Morgan fingerprint density at radius 2 is 1.50 bits per heavy atom. The SMILES string of the molecule is COCCOCCOCCN(C)N(S)c1ccc(S)cc1.S. The summed E-state index contributed by atoms with van der Waals surface area (Å²) in [7, 11) is 3.61. The standard InChI is InChI=1S/C14H24N2O3S2.H2S/c1-15(7-8-18-11-12-19-10-9-17-2)16(21)13-3-5-14(20)6-4-13;/h3-6,20-21H,7-12H2,1-2H3;1H2. The normalized spacial score (nSPS) is 10.6. The number of hydrogen-bond donors (Lipinski definition) is 2. The highest BCUT2D eigenvalue weighted by molar-refractivity contribution is 7.81. The van der Waals surface area contributed by atoms with Gasteiger partial charge >= 0.3 is 0 Å². The number of hydrogen-bond acceptors (Lipinski definition) is 7. The summed E-state index contributed by atoms with van der Waals surface area (Å²) in [5, 5.41) is 1.97. The van der Waals surface area contributed by atoms with Crippen molar-refractivity contribution in [2.75, 3.05) is 58.2 Å². The number of methoxy groups -OCH3 is 1. The lowest BCUT2D eigenvalue weighted by atomic mass is 10.3. The van der Waals surface area contributed by atoms with E-state index in [-0.39, 0.29) is 13.5 Å². The van der Waals surface area contributed by atoms with E-state index in [4.69, 9.17) is 14.2 Å². The van der Waals surface area contributed by atoms with Crippen LogP contribution in [0.1, 0.15) is 0 Å². The van der Waals surface area contributed by atoms with Gasteiger partial charge in [-0.25, -0.2) is 5.01 Å². The van der Waals surface area contributed by atoms with Crippen molar-refractivity contribution >= 4 is 44.6 Å². The Kier molecular flexibility index (Phi) is 13.3. The molecule has 0 spiro atoms. The van der Waals surface area contributed by atoms with Crippen LogP contribution in [0.15, 0.2) is 29.2 Å². The highest BCUT2D eigenvalue weighted by Crippen LogP contribution is 2.19. The van der Waals surface area contributed by atoms with Gasteiger partial charge in [0.05, 0.1) is 38.7 Å². The molecule has 5 nitrogen and oxygen atoms in total. The topological polar surface area (TPSA) is 34.2 Å². The molecule has 0 aromatic heterocycles. The minimum atomic E-state index is 0. The van der Waals surface area contributed by atoms with Crippen molar-refractivity contribution < 1.29 is 14.2 Å². The average Bonchev–Trinajstić information content (AvgIpc) is 2.49. The van der Waals surface area contributed by atoms with E-state index in [9.17, 15) is 0 Å². The fourth-order valence-electron chi connectivity index (χ4n) is 1.54. The Bertz CT molecular complexity index is 382. The molecule has 0 heterocycles. The highest BCUT2D eigenvalue weighted by atomic mass is 32.1. The fraction of sp³-hybridized carbons (Fsp3) is 0.571. The van der Waals surface area contributed by atoms with Crippen molar-refractivity contribution in [3.05, 3.63) is 24.3 Å². The molecule has 0 aliphatic rings. The molecular formula is C14H26N2O3S3. The van der Waals surface area contributed by atoms with E-state index in [0.717, 1.165) is 17.1 Å². The summed E-state index contributed by atoms with van der Waals surface area (Å²) in [4.78, 5) is 0.931. The molecule has 1 rings (SSSR count). The second kappa shape index (κ2) is 13.4. The Morgan fingerprint density at radius 3 is 2.09 bits per heavy atom. The molecule has 1 aromatic carbocycles. The minimum absolute atomic E-state index is 0. The van der Waals surface area contributed by atoms with Crippen LogP contribution in [-0.2, 0) is 14.2 Å². The van der Waals surface area contributed by atoms with Crippen molar-refractivity contribution in [2.45, 2.75) is 4.90 Å². The first-order chi connectivity index (χ1) is 10.1. The fourth-order valence-corrected chi connectivity index (χ4v) is 1.91. The molecule has 0 aliphatic carbocycles. The minimum Gasteiger partial charge on any atom is -0.382 e. The van der Waals surface area contributed by atoms with Crippen LogP contribution in [0.5, 0.6) is 0 Å². The molecule has 128 valence electrons. The summed E-state index contributed by atoms with van der Waals surface area (Å²) in [6, 6.07) is 7.80. The monoisotopic (exact) mass is 366 g/mol. The van der Waals surface area contributed by atoms with Crippen LogP contribution in [0.3, 0.4) is 0 Å². The van der Waals surface area contributed by atoms with Gasteiger partial charge < -0.3 is 14.2 Å². The van der Waals surface area contributed by atoms with E-state index in [0.29, 0.717) is 33.0 Å². The maximum Gasteiger partial charge on any atom is 0.0701 e. The highest BCUT2D eigenvalue weighted by Gasteiger charge is 2.07. The predicted molar refractivity (Wildman–Crippen MR) is 102 cm³/mol. The first kappa shape index (κ1) is 21.9. The molecule has 0 aliphatic heterocycles. The molecule has 0 atom stereocenters. The number of ether oxygens (including phenoxy) is 3. The number of hydrazine groups is 1.